The molecule has 0 aromatic carbocycles. The fraction of sp³-hybridized carbons (Fsp3) is 0.746. The van der Waals surface area contributed by atoms with Crippen LogP contribution in [0.2, 0.25) is 0 Å². The lowest BCUT2D eigenvalue weighted by atomic mass is 9.98. The van der Waals surface area contributed by atoms with Gasteiger partial charge in [-0.15, -0.1) is 0 Å². The lowest BCUT2D eigenvalue weighted by molar-refractivity contribution is -0.301. The summed E-state index contributed by atoms with van der Waals surface area (Å²) in [5.41, 5.74) is 0. The van der Waals surface area contributed by atoms with Gasteiger partial charge in [-0.1, -0.05) is 235 Å². The number of ether oxygens (including phenoxy) is 5. The van der Waals surface area contributed by atoms with E-state index in [9.17, 15) is 34.5 Å². The first-order chi connectivity index (χ1) is 36.6. The second-order valence-corrected chi connectivity index (χ2v) is 20.3. The molecule has 1 fully saturated rings. The van der Waals surface area contributed by atoms with Crippen molar-refractivity contribution >= 4 is 23.9 Å². The highest BCUT2D eigenvalue weighted by Crippen LogP contribution is 2.26. The van der Waals surface area contributed by atoms with E-state index in [4.69, 9.17) is 23.7 Å². The minimum absolute atomic E-state index is 0.0164. The third-order valence-corrected chi connectivity index (χ3v) is 13.3. The van der Waals surface area contributed by atoms with Gasteiger partial charge in [0.05, 0.1) is 13.0 Å². The molecule has 1 aliphatic rings. The van der Waals surface area contributed by atoms with Crippen molar-refractivity contribution in [3.63, 3.8) is 0 Å². The summed E-state index contributed by atoms with van der Waals surface area (Å²) in [5, 5.41) is 31.5. The molecule has 6 unspecified atom stereocenters. The number of hydrogen-bond acceptors (Lipinski definition) is 11. The Bertz CT molecular complexity index is 1580. The van der Waals surface area contributed by atoms with Crippen molar-refractivity contribution in [1.29, 1.82) is 0 Å². The number of carbonyl (C=O) groups is 4. The molecule has 0 aromatic heterocycles. The Labute approximate surface area is 455 Å². The molecule has 12 heteroatoms. The number of esters is 3. The summed E-state index contributed by atoms with van der Waals surface area (Å²) in [4.78, 5) is 51.1. The molecule has 0 amide bonds. The fourth-order valence-electron chi connectivity index (χ4n) is 8.73. The van der Waals surface area contributed by atoms with Crippen LogP contribution in [0.15, 0.2) is 72.9 Å². The van der Waals surface area contributed by atoms with Crippen LogP contribution in [0.3, 0.4) is 0 Å². The van der Waals surface area contributed by atoms with Crippen LogP contribution in [0, 0.1) is 0 Å². The molecule has 0 radical (unpaired) electrons. The quantitative estimate of drug-likeness (QED) is 0.0228. The molecule has 0 aliphatic carbocycles. The Balaban J connectivity index is 2.74. The molecule has 430 valence electrons. The van der Waals surface area contributed by atoms with Crippen LogP contribution in [-0.4, -0.2) is 89.2 Å². The van der Waals surface area contributed by atoms with E-state index in [1.54, 1.807) is 6.08 Å². The number of aliphatic hydroxyl groups is 2. The van der Waals surface area contributed by atoms with Crippen molar-refractivity contribution < 1.29 is 58.2 Å². The number of hydrogen-bond donors (Lipinski definition) is 3. The van der Waals surface area contributed by atoms with Gasteiger partial charge in [-0.2, -0.15) is 0 Å². The first-order valence-corrected chi connectivity index (χ1v) is 29.9. The van der Waals surface area contributed by atoms with Crippen molar-refractivity contribution in [2.24, 2.45) is 0 Å². The third-order valence-electron chi connectivity index (χ3n) is 13.3. The standard InChI is InChI=1S/C63H106O12/c1-4-7-10-13-16-19-22-25-28-31-34-37-40-43-46-49-55(64)71-52-54(73-56(65)50-47-44-41-38-35-32-29-26-23-20-17-14-11-8-5-2)53-72-63-61(59(68)58(67)60(75-63)62(69)70)74-57(66)51-48-45-42-39-36-33-30-27-24-21-18-15-12-9-6-3/h7,10,16,19,25-26,28-29,34,37,43,46,54,58-61,63,67-68H,4-6,8-9,11-15,17-18,20-24,27,30-33,35-36,38-42,44-45,47-53H2,1-3H3,(H,69,70)/b10-7-,19-16-,28-25-,29-26-,37-34-,46-43-. The van der Waals surface area contributed by atoms with Gasteiger partial charge < -0.3 is 39.0 Å². The van der Waals surface area contributed by atoms with Crippen molar-refractivity contribution in [3.8, 4) is 0 Å². The van der Waals surface area contributed by atoms with Gasteiger partial charge in [0, 0.05) is 12.8 Å². The predicted molar refractivity (Wildman–Crippen MR) is 303 cm³/mol. The van der Waals surface area contributed by atoms with Crippen molar-refractivity contribution in [2.75, 3.05) is 13.2 Å². The molecular formula is C63H106O12. The molecular weight excluding hydrogens is 949 g/mol. The summed E-state index contributed by atoms with van der Waals surface area (Å²) < 4.78 is 28.3. The summed E-state index contributed by atoms with van der Waals surface area (Å²) in [7, 11) is 0. The van der Waals surface area contributed by atoms with E-state index in [0.29, 0.717) is 19.3 Å². The van der Waals surface area contributed by atoms with E-state index >= 15 is 0 Å². The number of aliphatic carboxylic acids is 1. The van der Waals surface area contributed by atoms with E-state index in [1.165, 1.54) is 103 Å². The van der Waals surface area contributed by atoms with Gasteiger partial charge in [0.15, 0.2) is 24.6 Å². The Hall–Kier alpha value is -3.84. The Morgan fingerprint density at radius 2 is 0.880 bits per heavy atom. The molecule has 75 heavy (non-hydrogen) atoms. The highest BCUT2D eigenvalue weighted by molar-refractivity contribution is 5.74. The van der Waals surface area contributed by atoms with Gasteiger partial charge in [-0.25, -0.2) is 4.79 Å². The van der Waals surface area contributed by atoms with Crippen LogP contribution in [0.1, 0.15) is 252 Å². The molecule has 1 rings (SSSR count). The van der Waals surface area contributed by atoms with Crippen LogP contribution in [0.25, 0.3) is 0 Å². The van der Waals surface area contributed by atoms with E-state index in [-0.39, 0.29) is 25.9 Å². The van der Waals surface area contributed by atoms with Gasteiger partial charge in [0.1, 0.15) is 18.8 Å². The summed E-state index contributed by atoms with van der Waals surface area (Å²) >= 11 is 0. The molecule has 1 saturated heterocycles. The summed E-state index contributed by atoms with van der Waals surface area (Å²) in [6, 6.07) is 0. The van der Waals surface area contributed by atoms with Crippen molar-refractivity contribution in [3.05, 3.63) is 72.9 Å². The molecule has 6 atom stereocenters. The number of unbranched alkanes of at least 4 members (excludes halogenated alkanes) is 25. The lowest BCUT2D eigenvalue weighted by Gasteiger charge is -2.40. The van der Waals surface area contributed by atoms with Gasteiger partial charge in [0.2, 0.25) is 0 Å². The zero-order valence-electron chi connectivity index (χ0n) is 47.3. The zero-order chi connectivity index (χ0) is 54.7. The Morgan fingerprint density at radius 3 is 1.33 bits per heavy atom. The largest absolute Gasteiger partial charge is 0.479 e. The molecule has 1 aliphatic heterocycles. The summed E-state index contributed by atoms with van der Waals surface area (Å²) in [6.45, 7) is 5.79. The van der Waals surface area contributed by atoms with Crippen molar-refractivity contribution in [1.82, 2.24) is 0 Å². The third kappa shape index (κ3) is 41.0. The second-order valence-electron chi connectivity index (χ2n) is 20.3. The maximum absolute atomic E-state index is 13.1. The molecule has 0 bridgehead atoms. The minimum Gasteiger partial charge on any atom is -0.479 e. The first kappa shape index (κ1) is 69.2. The van der Waals surface area contributed by atoms with E-state index in [1.807, 2.05) is 12.2 Å². The van der Waals surface area contributed by atoms with Crippen LogP contribution in [0.5, 0.6) is 0 Å². The Kier molecular flexibility index (Phi) is 47.0. The monoisotopic (exact) mass is 1050 g/mol. The van der Waals surface area contributed by atoms with Gasteiger partial charge in [-0.05, 0) is 70.6 Å². The van der Waals surface area contributed by atoms with Crippen LogP contribution in [0.4, 0.5) is 0 Å². The number of carboxylic acids is 1. The van der Waals surface area contributed by atoms with Crippen molar-refractivity contribution in [2.45, 2.75) is 289 Å². The number of carbonyl (C=O) groups excluding carboxylic acids is 3. The minimum atomic E-state index is -1.91. The van der Waals surface area contributed by atoms with Crippen LogP contribution < -0.4 is 0 Å². The molecule has 0 aromatic rings. The average Bonchev–Trinajstić information content (AvgIpc) is 3.39. The maximum atomic E-state index is 13.1. The molecule has 1 heterocycles. The number of carboxylic acid groups (broad SMARTS) is 1. The highest BCUT2D eigenvalue weighted by Gasteiger charge is 2.50. The first-order valence-electron chi connectivity index (χ1n) is 29.9. The number of rotatable bonds is 50. The van der Waals surface area contributed by atoms with Gasteiger partial charge >= 0.3 is 23.9 Å². The smallest absolute Gasteiger partial charge is 0.335 e. The van der Waals surface area contributed by atoms with E-state index in [0.717, 1.165) is 89.9 Å². The topological polar surface area (TPSA) is 175 Å². The van der Waals surface area contributed by atoms with E-state index < -0.39 is 67.3 Å². The van der Waals surface area contributed by atoms with Crippen LogP contribution >= 0.6 is 0 Å². The SMILES string of the molecule is CC/C=C\C/C=C\C/C=C\C/C=C\C/C=C\CC(=O)OCC(COC1OC(C(=O)O)C(O)C(O)C1OC(=O)CCCCCCCCCCCCCCCCC)OC(=O)CCCCCCC/C=C\CCCCCCCC. The zero-order valence-corrected chi connectivity index (χ0v) is 47.3. The molecule has 0 saturated carbocycles. The normalized spacial score (nSPS) is 18.7. The lowest BCUT2D eigenvalue weighted by Crippen LogP contribution is -2.61. The molecule has 0 spiro atoms. The molecule has 3 N–H and O–H groups in total. The second kappa shape index (κ2) is 50.9. The van der Waals surface area contributed by atoms with Gasteiger partial charge in [-0.3, -0.25) is 14.4 Å². The Morgan fingerprint density at radius 1 is 0.467 bits per heavy atom. The van der Waals surface area contributed by atoms with E-state index in [2.05, 4.69) is 75.5 Å². The summed E-state index contributed by atoms with van der Waals surface area (Å²) in [5.74, 6) is -3.28. The molecule has 12 nitrogen and oxygen atoms in total. The highest BCUT2D eigenvalue weighted by atomic mass is 16.7. The number of aliphatic hydroxyl groups excluding tert-OH is 2. The fourth-order valence-corrected chi connectivity index (χ4v) is 8.73. The maximum Gasteiger partial charge on any atom is 0.335 e. The van der Waals surface area contributed by atoms with Crippen LogP contribution in [-0.2, 0) is 42.9 Å². The summed E-state index contributed by atoms with van der Waals surface area (Å²) in [6.07, 6.45) is 51.8. The average molecular weight is 1060 g/mol. The number of allylic oxidation sites excluding steroid dienone is 11. The van der Waals surface area contributed by atoms with Gasteiger partial charge in [0.25, 0.3) is 0 Å². The predicted octanol–water partition coefficient (Wildman–Crippen LogP) is 15.3.